The van der Waals surface area contributed by atoms with Gasteiger partial charge in [0.05, 0.1) is 17.1 Å². The first-order valence-electron chi connectivity index (χ1n) is 12.4. The normalized spacial score (nSPS) is 41.4. The zero-order chi connectivity index (χ0) is 25.7. The summed E-state index contributed by atoms with van der Waals surface area (Å²) in [7, 11) is 3.97. The number of fused-ring (bicyclic) bond motifs is 3. The minimum absolute atomic E-state index is 0.0796. The van der Waals surface area contributed by atoms with Crippen LogP contribution in [0.3, 0.4) is 0 Å². The van der Waals surface area contributed by atoms with Crippen LogP contribution in [0.1, 0.15) is 73.1 Å². The molecular formula is C27H43NO6. The van der Waals surface area contributed by atoms with Gasteiger partial charge in [-0.3, -0.25) is 9.59 Å². The largest absolute Gasteiger partial charge is 0.455 e. The Bertz CT molecular complexity index is 880. The van der Waals surface area contributed by atoms with E-state index in [2.05, 4.69) is 11.5 Å². The fourth-order valence-electron chi connectivity index (χ4n) is 6.49. The molecule has 0 aromatic carbocycles. The Hall–Kier alpha value is -1.54. The maximum Gasteiger partial charge on any atom is 0.306 e. The average Bonchev–Trinajstić information content (AvgIpc) is 2.73. The number of esters is 1. The Morgan fingerprint density at radius 3 is 2.50 bits per heavy atom. The predicted molar refractivity (Wildman–Crippen MR) is 130 cm³/mol. The second kappa shape index (κ2) is 8.84. The minimum Gasteiger partial charge on any atom is -0.455 e. The number of unbranched alkanes of at least 4 members (excludes halogenated alkanes) is 1. The van der Waals surface area contributed by atoms with Crippen LogP contribution in [0.4, 0.5) is 0 Å². The molecule has 0 amide bonds. The van der Waals surface area contributed by atoms with Gasteiger partial charge in [-0.15, -0.1) is 6.58 Å². The number of hydrogen-bond acceptors (Lipinski definition) is 7. The molecule has 0 bridgehead atoms. The van der Waals surface area contributed by atoms with Gasteiger partial charge in [0.1, 0.15) is 5.60 Å². The number of Topliss-reactive ketones (excluding diaryl/α,β-unsaturated/α-hetero) is 1. The molecule has 1 heterocycles. The zero-order valence-corrected chi connectivity index (χ0v) is 21.9. The third kappa shape index (κ3) is 3.98. The molecule has 6 atom stereocenters. The molecule has 7 nitrogen and oxygen atoms in total. The van der Waals surface area contributed by atoms with Crippen LogP contribution in [-0.4, -0.2) is 76.5 Å². The van der Waals surface area contributed by atoms with Gasteiger partial charge >= 0.3 is 5.97 Å². The lowest BCUT2D eigenvalue weighted by Gasteiger charge is -2.66. The van der Waals surface area contributed by atoms with Crippen LogP contribution in [0, 0.1) is 10.8 Å². The monoisotopic (exact) mass is 477 g/mol. The molecule has 2 fully saturated rings. The third-order valence-corrected chi connectivity index (χ3v) is 8.62. The molecule has 1 saturated carbocycles. The molecule has 0 aromatic rings. The zero-order valence-electron chi connectivity index (χ0n) is 21.9. The number of carbonyl (C=O) groups excluding carboxylic acids is 2. The first-order chi connectivity index (χ1) is 15.6. The van der Waals surface area contributed by atoms with Crippen molar-refractivity contribution < 1.29 is 29.3 Å². The topological polar surface area (TPSA) is 96.3 Å². The summed E-state index contributed by atoms with van der Waals surface area (Å²) < 4.78 is 12.4. The highest BCUT2D eigenvalue weighted by Crippen LogP contribution is 2.64. The van der Waals surface area contributed by atoms with Crippen molar-refractivity contribution in [2.75, 3.05) is 20.6 Å². The van der Waals surface area contributed by atoms with E-state index in [1.54, 1.807) is 26.8 Å². The fraction of sp³-hybridized carbons (Fsp3) is 0.778. The van der Waals surface area contributed by atoms with Crippen molar-refractivity contribution in [3.63, 3.8) is 0 Å². The number of hydrogen-bond donors (Lipinski definition) is 2. The summed E-state index contributed by atoms with van der Waals surface area (Å²) in [6.07, 6.45) is 4.27. The Morgan fingerprint density at radius 2 is 1.91 bits per heavy atom. The molecular weight excluding hydrogens is 434 g/mol. The van der Waals surface area contributed by atoms with Crippen LogP contribution in [-0.2, 0) is 19.1 Å². The lowest BCUT2D eigenvalue weighted by atomic mass is 9.44. The van der Waals surface area contributed by atoms with E-state index >= 15 is 0 Å². The van der Waals surface area contributed by atoms with Crippen molar-refractivity contribution in [2.45, 2.75) is 102 Å². The molecule has 7 heteroatoms. The van der Waals surface area contributed by atoms with Crippen molar-refractivity contribution >= 4 is 11.8 Å². The molecule has 0 radical (unpaired) electrons. The van der Waals surface area contributed by atoms with Crippen molar-refractivity contribution in [1.82, 2.24) is 4.90 Å². The molecule has 3 rings (SSSR count). The summed E-state index contributed by atoms with van der Waals surface area (Å²) in [6.45, 7) is 13.9. The smallest absolute Gasteiger partial charge is 0.306 e. The van der Waals surface area contributed by atoms with E-state index in [-0.39, 0.29) is 12.8 Å². The van der Waals surface area contributed by atoms with E-state index in [9.17, 15) is 19.8 Å². The Labute approximate surface area is 204 Å². The number of carbonyl (C=O) groups is 2. The van der Waals surface area contributed by atoms with Gasteiger partial charge in [-0.25, -0.2) is 0 Å². The first kappa shape index (κ1) is 27.1. The second-order valence-electron chi connectivity index (χ2n) is 11.9. The summed E-state index contributed by atoms with van der Waals surface area (Å²) in [4.78, 5) is 28.8. The van der Waals surface area contributed by atoms with Crippen molar-refractivity contribution in [1.29, 1.82) is 0 Å². The van der Waals surface area contributed by atoms with E-state index in [4.69, 9.17) is 9.47 Å². The lowest BCUT2D eigenvalue weighted by Crippen LogP contribution is -2.81. The number of ether oxygens (including phenoxy) is 2. The molecule has 0 spiro atoms. The van der Waals surface area contributed by atoms with Gasteiger partial charge in [-0.05, 0) is 78.6 Å². The molecule has 3 aliphatic rings. The SMILES string of the molecule is C=C[C@@]1(C)CC(=O)[C@@]2(O)[C@](C)(O1)[C@@H](OC(=O)CCCCN(C)C)C=C1C(C)(C)CC[C@H](O)[C@@]12C. The van der Waals surface area contributed by atoms with E-state index in [1.807, 2.05) is 34.0 Å². The van der Waals surface area contributed by atoms with E-state index in [1.165, 1.54) is 0 Å². The fourth-order valence-corrected chi connectivity index (χ4v) is 6.49. The molecule has 1 aliphatic heterocycles. The van der Waals surface area contributed by atoms with Gasteiger partial charge < -0.3 is 24.6 Å². The maximum absolute atomic E-state index is 13.8. The van der Waals surface area contributed by atoms with E-state index in [0.29, 0.717) is 19.3 Å². The molecule has 1 saturated heterocycles. The summed E-state index contributed by atoms with van der Waals surface area (Å²) in [6, 6.07) is 0. The Morgan fingerprint density at radius 1 is 1.26 bits per heavy atom. The number of ketones is 1. The Balaban J connectivity index is 2.08. The van der Waals surface area contributed by atoms with E-state index < -0.39 is 51.6 Å². The van der Waals surface area contributed by atoms with Crippen LogP contribution in [0.25, 0.3) is 0 Å². The van der Waals surface area contributed by atoms with Gasteiger partial charge in [0.25, 0.3) is 0 Å². The minimum atomic E-state index is -2.08. The average molecular weight is 478 g/mol. The summed E-state index contributed by atoms with van der Waals surface area (Å²) in [5, 5.41) is 23.6. The van der Waals surface area contributed by atoms with Gasteiger partial charge in [-0.2, -0.15) is 0 Å². The summed E-state index contributed by atoms with van der Waals surface area (Å²) in [5.41, 5.74) is -5.66. The molecule has 34 heavy (non-hydrogen) atoms. The van der Waals surface area contributed by atoms with Crippen molar-refractivity contribution in [3.8, 4) is 0 Å². The number of aliphatic hydroxyl groups is 2. The quantitative estimate of drug-likeness (QED) is 0.330. The standard InChI is InChI=1S/C27H43NO6/c1-9-24(4)17-20(30)27(32)25(5)18(23(2,3)14-13-19(25)29)16-21(26(27,6)34-24)33-22(31)12-10-11-15-28(7)8/h9,16,19,21,29,32H,1,10-15,17H2,2-8H3/t19-,21-,24-,25+,26+,27-/m0/s1. The van der Waals surface area contributed by atoms with Crippen molar-refractivity contribution in [3.05, 3.63) is 24.3 Å². The van der Waals surface area contributed by atoms with Gasteiger partial charge in [0, 0.05) is 12.8 Å². The maximum atomic E-state index is 13.8. The summed E-state index contributed by atoms with van der Waals surface area (Å²) in [5.74, 6) is -0.829. The Kier molecular flexibility index (Phi) is 7.03. The van der Waals surface area contributed by atoms with Gasteiger partial charge in [0.2, 0.25) is 0 Å². The lowest BCUT2D eigenvalue weighted by molar-refractivity contribution is -0.305. The van der Waals surface area contributed by atoms with Crippen LogP contribution in [0.2, 0.25) is 0 Å². The van der Waals surface area contributed by atoms with E-state index in [0.717, 1.165) is 18.5 Å². The second-order valence-corrected chi connectivity index (χ2v) is 11.9. The van der Waals surface area contributed by atoms with Gasteiger partial charge in [0.15, 0.2) is 17.5 Å². The number of nitrogens with zero attached hydrogens (tertiary/aromatic N) is 1. The molecule has 2 N–H and O–H groups in total. The third-order valence-electron chi connectivity index (χ3n) is 8.62. The molecule has 192 valence electrons. The molecule has 2 aliphatic carbocycles. The van der Waals surface area contributed by atoms with Crippen LogP contribution in [0.15, 0.2) is 24.3 Å². The molecule has 0 unspecified atom stereocenters. The predicted octanol–water partition coefficient (Wildman–Crippen LogP) is 3.18. The van der Waals surface area contributed by atoms with Crippen LogP contribution in [0.5, 0.6) is 0 Å². The number of aliphatic hydroxyl groups excluding tert-OH is 1. The van der Waals surface area contributed by atoms with Crippen LogP contribution < -0.4 is 0 Å². The highest BCUT2D eigenvalue weighted by atomic mass is 16.6. The van der Waals surface area contributed by atoms with Crippen molar-refractivity contribution in [2.24, 2.45) is 10.8 Å². The number of rotatable bonds is 7. The van der Waals surface area contributed by atoms with Gasteiger partial charge in [-0.1, -0.05) is 25.5 Å². The van der Waals surface area contributed by atoms with Crippen LogP contribution >= 0.6 is 0 Å². The summed E-state index contributed by atoms with van der Waals surface area (Å²) >= 11 is 0. The highest BCUT2D eigenvalue weighted by Gasteiger charge is 2.76. The highest BCUT2D eigenvalue weighted by molar-refractivity contribution is 5.93. The first-order valence-corrected chi connectivity index (χ1v) is 12.4. The molecule has 0 aromatic heterocycles.